The van der Waals surface area contributed by atoms with E-state index in [1.807, 2.05) is 49.4 Å². The van der Waals surface area contributed by atoms with E-state index in [1.165, 1.54) is 17.3 Å². The van der Waals surface area contributed by atoms with Crippen LogP contribution in [0.25, 0.3) is 16.6 Å². The first-order chi connectivity index (χ1) is 13.6. The second-order valence-corrected chi connectivity index (χ2v) is 7.82. The van der Waals surface area contributed by atoms with Crippen LogP contribution in [0.5, 0.6) is 0 Å². The Balaban J connectivity index is 1.86. The van der Waals surface area contributed by atoms with Gasteiger partial charge in [0.1, 0.15) is 0 Å². The summed E-state index contributed by atoms with van der Waals surface area (Å²) >= 11 is 1.43. The van der Waals surface area contributed by atoms with Crippen molar-refractivity contribution in [2.75, 3.05) is 0 Å². The first kappa shape index (κ1) is 18.4. The number of nitrogens with zero attached hydrogens (tertiary/aromatic N) is 4. The Hall–Kier alpha value is -2.93. The van der Waals surface area contributed by atoms with E-state index in [2.05, 4.69) is 17.1 Å². The fraction of sp³-hybridized carbons (Fsp3) is 0.238. The third kappa shape index (κ3) is 3.45. The summed E-state index contributed by atoms with van der Waals surface area (Å²) in [6, 6.07) is 15.4. The van der Waals surface area contributed by atoms with Crippen LogP contribution in [0.15, 0.2) is 63.0 Å². The van der Waals surface area contributed by atoms with E-state index in [9.17, 15) is 4.79 Å². The molecule has 7 heteroatoms. The fourth-order valence-electron chi connectivity index (χ4n) is 2.99. The Labute approximate surface area is 166 Å². The first-order valence-electron chi connectivity index (χ1n) is 9.14. The maximum atomic E-state index is 13.3. The lowest BCUT2D eigenvalue weighted by Gasteiger charge is -2.15. The zero-order valence-electron chi connectivity index (χ0n) is 15.9. The van der Waals surface area contributed by atoms with E-state index in [0.29, 0.717) is 27.8 Å². The van der Waals surface area contributed by atoms with Crippen molar-refractivity contribution in [2.45, 2.75) is 37.6 Å². The van der Waals surface area contributed by atoms with Crippen LogP contribution in [0.4, 0.5) is 0 Å². The third-order valence-electron chi connectivity index (χ3n) is 4.52. The number of para-hydroxylation sites is 1. The van der Waals surface area contributed by atoms with Crippen LogP contribution in [0.2, 0.25) is 0 Å². The van der Waals surface area contributed by atoms with Gasteiger partial charge in [0, 0.05) is 0 Å². The van der Waals surface area contributed by atoms with E-state index < -0.39 is 0 Å². The number of aryl methyl sites for hydroxylation is 2. The van der Waals surface area contributed by atoms with Crippen LogP contribution in [-0.4, -0.2) is 19.7 Å². The molecule has 6 nitrogen and oxygen atoms in total. The topological polar surface area (TPSA) is 73.8 Å². The van der Waals surface area contributed by atoms with Crippen molar-refractivity contribution in [3.8, 4) is 5.69 Å². The van der Waals surface area contributed by atoms with E-state index in [0.717, 1.165) is 12.1 Å². The van der Waals surface area contributed by atoms with Gasteiger partial charge in [-0.25, -0.2) is 4.98 Å². The number of hydrogen-bond donors (Lipinski definition) is 0. The number of hydrogen-bond acceptors (Lipinski definition) is 6. The summed E-state index contributed by atoms with van der Waals surface area (Å²) in [4.78, 5) is 22.4. The van der Waals surface area contributed by atoms with Crippen LogP contribution < -0.4 is 5.56 Å². The molecule has 142 valence electrons. The van der Waals surface area contributed by atoms with Crippen molar-refractivity contribution in [1.82, 2.24) is 19.7 Å². The van der Waals surface area contributed by atoms with Crippen molar-refractivity contribution in [3.05, 3.63) is 76.2 Å². The molecule has 4 rings (SSSR count). The van der Waals surface area contributed by atoms with Gasteiger partial charge in [-0.15, -0.1) is 0 Å². The van der Waals surface area contributed by atoms with Gasteiger partial charge in [0.05, 0.1) is 21.8 Å². The highest BCUT2D eigenvalue weighted by molar-refractivity contribution is 7.99. The maximum Gasteiger partial charge on any atom is 0.266 e. The van der Waals surface area contributed by atoms with Crippen molar-refractivity contribution in [1.29, 1.82) is 0 Å². The quantitative estimate of drug-likeness (QED) is 0.368. The molecule has 1 unspecified atom stereocenters. The van der Waals surface area contributed by atoms with E-state index in [1.54, 1.807) is 17.6 Å². The van der Waals surface area contributed by atoms with Crippen molar-refractivity contribution < 1.29 is 4.52 Å². The van der Waals surface area contributed by atoms with Crippen LogP contribution in [0.3, 0.4) is 0 Å². The molecule has 4 aromatic rings. The molecule has 1 atom stereocenters. The molecule has 0 spiro atoms. The molecule has 2 aromatic carbocycles. The molecule has 2 aromatic heterocycles. The number of aromatic nitrogens is 4. The van der Waals surface area contributed by atoms with Crippen LogP contribution in [0, 0.1) is 6.92 Å². The molecule has 0 aliphatic carbocycles. The Kier molecular flexibility index (Phi) is 5.00. The maximum absolute atomic E-state index is 13.3. The molecule has 0 N–H and O–H groups in total. The third-order valence-corrected chi connectivity index (χ3v) is 5.56. The second kappa shape index (κ2) is 7.59. The highest BCUT2D eigenvalue weighted by Gasteiger charge is 2.20. The predicted octanol–water partition coefficient (Wildman–Crippen LogP) is 4.49. The highest BCUT2D eigenvalue weighted by Crippen LogP contribution is 2.34. The highest BCUT2D eigenvalue weighted by atomic mass is 32.2. The van der Waals surface area contributed by atoms with Gasteiger partial charge in [-0.1, -0.05) is 48.1 Å². The number of benzene rings is 2. The van der Waals surface area contributed by atoms with E-state index in [-0.39, 0.29) is 10.8 Å². The predicted molar refractivity (Wildman–Crippen MR) is 110 cm³/mol. The zero-order chi connectivity index (χ0) is 19.7. The van der Waals surface area contributed by atoms with Crippen LogP contribution >= 0.6 is 11.8 Å². The summed E-state index contributed by atoms with van der Waals surface area (Å²) in [6.07, 6.45) is 0.945. The molecule has 0 bridgehead atoms. The van der Waals surface area contributed by atoms with Gasteiger partial charge in [-0.2, -0.15) is 4.98 Å². The van der Waals surface area contributed by atoms with E-state index in [4.69, 9.17) is 9.51 Å². The Bertz CT molecular complexity index is 1180. The lowest BCUT2D eigenvalue weighted by molar-refractivity contribution is 0.376. The van der Waals surface area contributed by atoms with Crippen molar-refractivity contribution in [2.24, 2.45) is 0 Å². The van der Waals surface area contributed by atoms with Gasteiger partial charge in [0.25, 0.3) is 5.56 Å². The Morgan fingerprint density at radius 1 is 1.11 bits per heavy atom. The minimum absolute atomic E-state index is 0.0914. The number of rotatable bonds is 5. The molecule has 0 aliphatic heterocycles. The normalized spacial score (nSPS) is 12.4. The molecule has 0 saturated carbocycles. The number of fused-ring (bicyclic) bond motifs is 1. The average molecular weight is 392 g/mol. The van der Waals surface area contributed by atoms with Gasteiger partial charge in [0.2, 0.25) is 5.89 Å². The number of thioether (sulfide) groups is 1. The Morgan fingerprint density at radius 2 is 1.86 bits per heavy atom. The molecule has 0 amide bonds. The summed E-state index contributed by atoms with van der Waals surface area (Å²) < 4.78 is 6.95. The molecule has 0 fully saturated rings. The molecule has 28 heavy (non-hydrogen) atoms. The van der Waals surface area contributed by atoms with Crippen LogP contribution in [-0.2, 0) is 6.42 Å². The summed E-state index contributed by atoms with van der Waals surface area (Å²) in [5.41, 5.74) is 2.59. The van der Waals surface area contributed by atoms with Gasteiger partial charge in [-0.05, 0) is 50.1 Å². The lowest BCUT2D eigenvalue weighted by atomic mass is 10.1. The minimum atomic E-state index is -0.143. The minimum Gasteiger partial charge on any atom is -0.338 e. The summed E-state index contributed by atoms with van der Waals surface area (Å²) in [5.74, 6) is 1.10. The monoisotopic (exact) mass is 392 g/mol. The van der Waals surface area contributed by atoms with Gasteiger partial charge < -0.3 is 4.52 Å². The molecular weight excluding hydrogens is 372 g/mol. The van der Waals surface area contributed by atoms with Crippen molar-refractivity contribution in [3.63, 3.8) is 0 Å². The molecule has 0 radical (unpaired) electrons. The molecular formula is C21H20N4O2S. The fourth-order valence-corrected chi connectivity index (χ4v) is 3.94. The average Bonchev–Trinajstić information content (AvgIpc) is 3.15. The Morgan fingerprint density at radius 3 is 2.54 bits per heavy atom. The molecule has 0 saturated heterocycles. The zero-order valence-corrected chi connectivity index (χ0v) is 16.7. The van der Waals surface area contributed by atoms with Crippen molar-refractivity contribution >= 4 is 22.7 Å². The first-order valence-corrected chi connectivity index (χ1v) is 10.0. The summed E-state index contributed by atoms with van der Waals surface area (Å²) in [5, 5.41) is 4.90. The summed E-state index contributed by atoms with van der Waals surface area (Å²) in [7, 11) is 0. The van der Waals surface area contributed by atoms with Gasteiger partial charge in [-0.3, -0.25) is 9.36 Å². The second-order valence-electron chi connectivity index (χ2n) is 6.51. The van der Waals surface area contributed by atoms with Crippen LogP contribution in [0.1, 0.15) is 36.4 Å². The standard InChI is InChI=1S/C21H20N4O2S/c1-4-15-9-11-16(12-10-15)25-20(26)17-7-5-6-8-18(17)23-21(25)28-13(2)19-22-14(3)24-27-19/h5-13H,4H2,1-3H3. The molecule has 2 heterocycles. The lowest BCUT2D eigenvalue weighted by Crippen LogP contribution is -2.22. The summed E-state index contributed by atoms with van der Waals surface area (Å²) in [6.45, 7) is 5.85. The van der Waals surface area contributed by atoms with E-state index >= 15 is 0 Å². The largest absolute Gasteiger partial charge is 0.338 e. The van der Waals surface area contributed by atoms with Gasteiger partial charge >= 0.3 is 0 Å². The van der Waals surface area contributed by atoms with Gasteiger partial charge in [0.15, 0.2) is 11.0 Å². The molecule has 0 aliphatic rings. The SMILES string of the molecule is CCc1ccc(-n2c(SC(C)c3nc(C)no3)nc3ccccc3c2=O)cc1. The smallest absolute Gasteiger partial charge is 0.266 e.